The van der Waals surface area contributed by atoms with Crippen molar-refractivity contribution in [3.05, 3.63) is 52.3 Å². The van der Waals surface area contributed by atoms with E-state index in [4.69, 9.17) is 11.6 Å². The van der Waals surface area contributed by atoms with Crippen LogP contribution in [0.3, 0.4) is 0 Å². The van der Waals surface area contributed by atoms with Crippen LogP contribution in [0.5, 0.6) is 0 Å². The van der Waals surface area contributed by atoms with E-state index in [-0.39, 0.29) is 28.1 Å². The molecular formula is C18H14ClF3N4O2. The summed E-state index contributed by atoms with van der Waals surface area (Å²) in [6.07, 6.45) is -2.54. The van der Waals surface area contributed by atoms with Crippen LogP contribution in [0.25, 0.3) is 5.65 Å². The Labute approximate surface area is 162 Å². The number of aryl methyl sites for hydroxylation is 1. The van der Waals surface area contributed by atoms with Crippen molar-refractivity contribution in [3.63, 3.8) is 0 Å². The van der Waals surface area contributed by atoms with Crippen molar-refractivity contribution < 1.29 is 23.1 Å². The molecule has 0 radical (unpaired) electrons. The third-order valence-electron chi connectivity index (χ3n) is 4.53. The van der Waals surface area contributed by atoms with Gasteiger partial charge in [0, 0.05) is 11.6 Å². The van der Waals surface area contributed by atoms with E-state index in [2.05, 4.69) is 10.1 Å². The van der Waals surface area contributed by atoms with Crippen LogP contribution in [0.1, 0.15) is 35.4 Å². The molecule has 0 aliphatic heterocycles. The Morgan fingerprint density at radius 1 is 1.29 bits per heavy atom. The van der Waals surface area contributed by atoms with Crippen molar-refractivity contribution in [2.45, 2.75) is 31.9 Å². The number of carboxylic acid groups (broad SMARTS) is 1. The topological polar surface area (TPSA) is 70.7 Å². The maximum absolute atomic E-state index is 13.2. The Bertz CT molecular complexity index is 1090. The standard InChI is InChI=1S/C18H14ClF3N4O2/c1-9-4-11(18(20,21)22)6-12(5-9)25(17(27)28)15-7-14(19)24-16-13(10-2-3-10)8-23-26(15)16/h4-8,10H,2-3H2,1H3,(H,27,28). The molecular weight excluding hydrogens is 397 g/mol. The minimum Gasteiger partial charge on any atom is -0.464 e. The Hall–Kier alpha value is -2.81. The molecule has 0 bridgehead atoms. The van der Waals surface area contributed by atoms with Gasteiger partial charge in [0.25, 0.3) is 0 Å². The van der Waals surface area contributed by atoms with E-state index in [1.165, 1.54) is 23.6 Å². The molecule has 6 nitrogen and oxygen atoms in total. The van der Waals surface area contributed by atoms with Gasteiger partial charge in [-0.15, -0.1) is 0 Å². The van der Waals surface area contributed by atoms with Crippen LogP contribution in [0.2, 0.25) is 5.15 Å². The molecule has 1 N–H and O–H groups in total. The van der Waals surface area contributed by atoms with Gasteiger partial charge in [0.05, 0.1) is 17.4 Å². The van der Waals surface area contributed by atoms with Crippen molar-refractivity contribution in [1.82, 2.24) is 14.6 Å². The van der Waals surface area contributed by atoms with E-state index in [0.717, 1.165) is 35.4 Å². The summed E-state index contributed by atoms with van der Waals surface area (Å²) in [7, 11) is 0. The summed E-state index contributed by atoms with van der Waals surface area (Å²) in [6.45, 7) is 1.47. The van der Waals surface area contributed by atoms with E-state index in [1.54, 1.807) is 6.20 Å². The predicted octanol–water partition coefficient (Wildman–Crippen LogP) is 5.40. The van der Waals surface area contributed by atoms with Crippen LogP contribution in [0.4, 0.5) is 29.5 Å². The van der Waals surface area contributed by atoms with Crippen molar-refractivity contribution in [2.24, 2.45) is 0 Å². The van der Waals surface area contributed by atoms with Gasteiger partial charge in [-0.1, -0.05) is 11.6 Å². The van der Waals surface area contributed by atoms with Crippen molar-refractivity contribution >= 4 is 34.8 Å². The molecule has 2 aromatic heterocycles. The summed E-state index contributed by atoms with van der Waals surface area (Å²) in [5, 5.41) is 14.0. The Balaban J connectivity index is 1.93. The summed E-state index contributed by atoms with van der Waals surface area (Å²) in [6, 6.07) is 4.36. The second-order valence-corrected chi connectivity index (χ2v) is 7.11. The van der Waals surface area contributed by atoms with Gasteiger partial charge in [0.1, 0.15) is 11.0 Å². The van der Waals surface area contributed by atoms with Gasteiger partial charge in [0.2, 0.25) is 0 Å². The average molecular weight is 411 g/mol. The maximum atomic E-state index is 13.2. The Morgan fingerprint density at radius 3 is 2.61 bits per heavy atom. The number of hydrogen-bond acceptors (Lipinski definition) is 3. The highest BCUT2D eigenvalue weighted by Crippen LogP contribution is 2.43. The first-order valence-electron chi connectivity index (χ1n) is 8.41. The van der Waals surface area contributed by atoms with E-state index in [0.29, 0.717) is 5.65 Å². The molecule has 0 atom stereocenters. The van der Waals surface area contributed by atoms with Crippen LogP contribution in [-0.2, 0) is 6.18 Å². The number of nitrogens with zero attached hydrogens (tertiary/aromatic N) is 4. The highest BCUT2D eigenvalue weighted by molar-refractivity contribution is 6.29. The smallest absolute Gasteiger partial charge is 0.417 e. The largest absolute Gasteiger partial charge is 0.464 e. The molecule has 0 spiro atoms. The molecule has 4 rings (SSSR count). The molecule has 2 heterocycles. The fourth-order valence-electron chi connectivity index (χ4n) is 3.17. The van der Waals surface area contributed by atoms with Crippen LogP contribution >= 0.6 is 11.6 Å². The van der Waals surface area contributed by atoms with Gasteiger partial charge >= 0.3 is 12.3 Å². The number of amides is 1. The summed E-state index contributed by atoms with van der Waals surface area (Å²) in [5.74, 6) is 0.276. The van der Waals surface area contributed by atoms with Gasteiger partial charge in [-0.05, 0) is 49.4 Å². The molecule has 1 fully saturated rings. The van der Waals surface area contributed by atoms with Gasteiger partial charge in [-0.25, -0.2) is 14.7 Å². The maximum Gasteiger partial charge on any atom is 0.417 e. The van der Waals surface area contributed by atoms with Crippen LogP contribution in [-0.4, -0.2) is 25.8 Å². The zero-order chi connectivity index (χ0) is 20.2. The minimum atomic E-state index is -4.61. The van der Waals surface area contributed by atoms with Crippen molar-refractivity contribution in [1.29, 1.82) is 0 Å². The van der Waals surface area contributed by atoms with Crippen LogP contribution in [0, 0.1) is 6.92 Å². The van der Waals surface area contributed by atoms with Gasteiger partial charge < -0.3 is 5.11 Å². The van der Waals surface area contributed by atoms with Gasteiger partial charge in [-0.3, -0.25) is 0 Å². The third kappa shape index (κ3) is 3.26. The number of anilines is 2. The number of fused-ring (bicyclic) bond motifs is 1. The lowest BCUT2D eigenvalue weighted by molar-refractivity contribution is -0.137. The second-order valence-electron chi connectivity index (χ2n) is 6.72. The number of alkyl halides is 3. The first-order chi connectivity index (χ1) is 13.1. The average Bonchev–Trinajstić information content (AvgIpc) is 3.33. The van der Waals surface area contributed by atoms with Crippen molar-refractivity contribution in [3.8, 4) is 0 Å². The normalized spacial score (nSPS) is 14.5. The predicted molar refractivity (Wildman–Crippen MR) is 96.3 cm³/mol. The minimum absolute atomic E-state index is 0.00637. The van der Waals surface area contributed by atoms with E-state index < -0.39 is 17.8 Å². The Kier molecular flexibility index (Phi) is 4.22. The number of benzene rings is 1. The number of halogens is 4. The molecule has 146 valence electrons. The summed E-state index contributed by atoms with van der Waals surface area (Å²) >= 11 is 6.10. The summed E-state index contributed by atoms with van der Waals surface area (Å²) < 4.78 is 40.9. The monoisotopic (exact) mass is 410 g/mol. The first kappa shape index (κ1) is 18.5. The lowest BCUT2D eigenvalue weighted by Crippen LogP contribution is -2.27. The zero-order valence-electron chi connectivity index (χ0n) is 14.5. The number of rotatable bonds is 3. The van der Waals surface area contributed by atoms with E-state index in [9.17, 15) is 23.1 Å². The summed E-state index contributed by atoms with van der Waals surface area (Å²) in [5.41, 5.74) is 0.414. The Morgan fingerprint density at radius 2 is 2.00 bits per heavy atom. The lowest BCUT2D eigenvalue weighted by Gasteiger charge is -2.22. The lowest BCUT2D eigenvalue weighted by atomic mass is 10.1. The molecule has 1 saturated carbocycles. The second kappa shape index (κ2) is 6.37. The molecule has 1 aliphatic carbocycles. The van der Waals surface area contributed by atoms with Gasteiger partial charge in [-0.2, -0.15) is 22.8 Å². The molecule has 3 aromatic rings. The highest BCUT2D eigenvalue weighted by Gasteiger charge is 2.33. The number of carbonyl (C=O) groups is 1. The first-order valence-corrected chi connectivity index (χ1v) is 8.79. The van der Waals surface area contributed by atoms with Crippen molar-refractivity contribution in [2.75, 3.05) is 4.90 Å². The molecule has 0 saturated heterocycles. The van der Waals surface area contributed by atoms with Gasteiger partial charge in [0.15, 0.2) is 5.65 Å². The summed E-state index contributed by atoms with van der Waals surface area (Å²) in [4.78, 5) is 17.0. The third-order valence-corrected chi connectivity index (χ3v) is 4.73. The van der Waals surface area contributed by atoms with E-state index in [1.807, 2.05) is 0 Å². The number of aromatic nitrogens is 3. The molecule has 28 heavy (non-hydrogen) atoms. The van der Waals surface area contributed by atoms with E-state index >= 15 is 0 Å². The molecule has 0 unspecified atom stereocenters. The molecule has 1 amide bonds. The van der Waals surface area contributed by atoms with Crippen LogP contribution < -0.4 is 4.90 Å². The SMILES string of the molecule is Cc1cc(N(C(=O)O)c2cc(Cl)nc3c(C4CC4)cnn23)cc(C(F)(F)F)c1. The highest BCUT2D eigenvalue weighted by atomic mass is 35.5. The molecule has 1 aromatic carbocycles. The van der Waals surface area contributed by atoms with Crippen LogP contribution in [0.15, 0.2) is 30.5 Å². The fraction of sp³-hybridized carbons (Fsp3) is 0.278. The molecule has 10 heteroatoms. The number of hydrogen-bond donors (Lipinski definition) is 1. The fourth-order valence-corrected chi connectivity index (χ4v) is 3.35. The zero-order valence-corrected chi connectivity index (χ0v) is 15.3. The quantitative estimate of drug-likeness (QED) is 0.586. The molecule has 1 aliphatic rings.